The van der Waals surface area contributed by atoms with Crippen molar-refractivity contribution >= 4 is 45.8 Å². The summed E-state index contributed by atoms with van der Waals surface area (Å²) in [5, 5.41) is 14.7. The fourth-order valence-corrected chi connectivity index (χ4v) is 4.56. The number of rotatable bonds is 6. The number of thioether (sulfide) groups is 1. The predicted molar refractivity (Wildman–Crippen MR) is 117 cm³/mol. The van der Waals surface area contributed by atoms with E-state index >= 15 is 0 Å². The molecule has 30 heavy (non-hydrogen) atoms. The highest BCUT2D eigenvalue weighted by molar-refractivity contribution is 7.98. The summed E-state index contributed by atoms with van der Waals surface area (Å²) in [5.41, 5.74) is 1.24. The highest BCUT2D eigenvalue weighted by Gasteiger charge is 2.14. The molecule has 0 unspecified atom stereocenters. The maximum Gasteiger partial charge on any atom is 0.411 e. The van der Waals surface area contributed by atoms with Crippen LogP contribution in [0.25, 0.3) is 21.7 Å². The smallest absolute Gasteiger partial charge is 0.411 e. The minimum absolute atomic E-state index is 0.270. The second-order valence-corrected chi connectivity index (χ2v) is 8.17. The van der Waals surface area contributed by atoms with Crippen LogP contribution >= 0.6 is 23.1 Å². The van der Waals surface area contributed by atoms with E-state index in [1.807, 2.05) is 35.2 Å². The van der Waals surface area contributed by atoms with Gasteiger partial charge in [-0.05, 0) is 36.1 Å². The molecule has 10 heteroatoms. The number of hydrogen-bond acceptors (Lipinski definition) is 8. The summed E-state index contributed by atoms with van der Waals surface area (Å²) < 4.78 is 12.1. The van der Waals surface area contributed by atoms with Crippen molar-refractivity contribution in [1.82, 2.24) is 14.8 Å². The normalized spacial score (nSPS) is 11.0. The van der Waals surface area contributed by atoms with Gasteiger partial charge in [-0.1, -0.05) is 17.8 Å². The molecular weight excluding hydrogens is 424 g/mol. The Morgan fingerprint density at radius 2 is 2.17 bits per heavy atom. The van der Waals surface area contributed by atoms with Crippen molar-refractivity contribution in [3.63, 3.8) is 0 Å². The molecule has 0 aliphatic carbocycles. The molecule has 1 amide bonds. The molecule has 0 spiro atoms. The molecule has 1 N–H and O–H groups in total. The van der Waals surface area contributed by atoms with Crippen LogP contribution in [-0.4, -0.2) is 27.5 Å². The van der Waals surface area contributed by atoms with Crippen LogP contribution in [-0.2, 0) is 17.5 Å². The number of nitrogens with zero attached hydrogens (tertiary/aromatic N) is 3. The molecule has 0 fully saturated rings. The van der Waals surface area contributed by atoms with E-state index in [9.17, 15) is 9.59 Å². The Balaban J connectivity index is 1.57. The number of nitrogens with one attached hydrogen (secondary N) is 1. The molecular formula is C20H18N4O4S2. The number of fused-ring (bicyclic) bond motifs is 1. The Hall–Kier alpha value is -3.11. The summed E-state index contributed by atoms with van der Waals surface area (Å²) in [6.07, 6.45) is -0.560. The average Bonchev–Trinajstić information content (AvgIpc) is 3.35. The SMILES string of the molecule is CCOC(=O)Nc1ccc2c(CSc3nnc(-c4cccs4)n3C)cc(=O)oc2c1. The van der Waals surface area contributed by atoms with Crippen LogP contribution in [0.15, 0.2) is 56.1 Å². The summed E-state index contributed by atoms with van der Waals surface area (Å²) in [7, 11) is 1.92. The first-order valence-electron chi connectivity index (χ1n) is 9.11. The second-order valence-electron chi connectivity index (χ2n) is 6.28. The Kier molecular flexibility index (Phi) is 5.86. The molecule has 0 saturated carbocycles. The molecule has 154 valence electrons. The van der Waals surface area contributed by atoms with Gasteiger partial charge >= 0.3 is 11.7 Å². The molecule has 0 radical (unpaired) electrons. The molecule has 4 aromatic rings. The van der Waals surface area contributed by atoms with Crippen LogP contribution in [0.2, 0.25) is 0 Å². The average molecular weight is 443 g/mol. The number of aromatic nitrogens is 3. The van der Waals surface area contributed by atoms with Crippen molar-refractivity contribution in [3.8, 4) is 10.7 Å². The zero-order valence-corrected chi connectivity index (χ0v) is 17.9. The van der Waals surface area contributed by atoms with Crippen LogP contribution in [0.4, 0.5) is 10.5 Å². The van der Waals surface area contributed by atoms with E-state index in [4.69, 9.17) is 9.15 Å². The number of anilines is 1. The number of ether oxygens (including phenoxy) is 1. The minimum Gasteiger partial charge on any atom is -0.450 e. The van der Waals surface area contributed by atoms with Gasteiger partial charge < -0.3 is 13.7 Å². The molecule has 8 nitrogen and oxygen atoms in total. The molecule has 0 bridgehead atoms. The van der Waals surface area contributed by atoms with Crippen molar-refractivity contribution in [2.45, 2.75) is 17.8 Å². The lowest BCUT2D eigenvalue weighted by Gasteiger charge is -2.08. The Morgan fingerprint density at radius 3 is 2.93 bits per heavy atom. The van der Waals surface area contributed by atoms with Gasteiger partial charge in [-0.15, -0.1) is 21.5 Å². The van der Waals surface area contributed by atoms with Gasteiger partial charge in [-0.25, -0.2) is 9.59 Å². The highest BCUT2D eigenvalue weighted by atomic mass is 32.2. The van der Waals surface area contributed by atoms with E-state index in [-0.39, 0.29) is 6.61 Å². The lowest BCUT2D eigenvalue weighted by molar-refractivity contribution is 0.168. The second kappa shape index (κ2) is 8.72. The number of benzene rings is 1. The Bertz CT molecular complexity index is 1250. The van der Waals surface area contributed by atoms with E-state index in [2.05, 4.69) is 15.5 Å². The number of amides is 1. The number of thiophene rings is 1. The third kappa shape index (κ3) is 4.24. The fourth-order valence-electron chi connectivity index (χ4n) is 2.92. The predicted octanol–water partition coefficient (Wildman–Crippen LogP) is 4.51. The highest BCUT2D eigenvalue weighted by Crippen LogP contribution is 2.30. The van der Waals surface area contributed by atoms with Gasteiger partial charge in [0.25, 0.3) is 0 Å². The Labute approximate surface area is 179 Å². The van der Waals surface area contributed by atoms with Gasteiger partial charge in [0.05, 0.1) is 11.5 Å². The molecule has 4 rings (SSSR count). The summed E-state index contributed by atoms with van der Waals surface area (Å²) in [6.45, 7) is 2.00. The third-order valence-corrected chi connectivity index (χ3v) is 6.22. The number of carbonyl (C=O) groups excluding carboxylic acids is 1. The molecule has 0 aliphatic heterocycles. The third-order valence-electron chi connectivity index (χ3n) is 4.29. The van der Waals surface area contributed by atoms with Crippen molar-refractivity contribution in [3.05, 3.63) is 57.8 Å². The number of hydrogen-bond donors (Lipinski definition) is 1. The van der Waals surface area contributed by atoms with Gasteiger partial charge in [0.15, 0.2) is 11.0 Å². The summed E-state index contributed by atoms with van der Waals surface area (Å²) >= 11 is 3.09. The molecule has 0 aliphatic rings. The van der Waals surface area contributed by atoms with Crippen molar-refractivity contribution in [2.75, 3.05) is 11.9 Å². The maximum absolute atomic E-state index is 12.1. The van der Waals surface area contributed by atoms with E-state index in [0.29, 0.717) is 17.0 Å². The minimum atomic E-state index is -0.560. The largest absolute Gasteiger partial charge is 0.450 e. The first-order chi connectivity index (χ1) is 14.5. The summed E-state index contributed by atoms with van der Waals surface area (Å²) in [6, 6.07) is 10.6. The van der Waals surface area contributed by atoms with Crippen LogP contribution in [0.3, 0.4) is 0 Å². The summed E-state index contributed by atoms with van der Waals surface area (Å²) in [4.78, 5) is 24.7. The number of carbonyl (C=O) groups is 1. The van der Waals surface area contributed by atoms with Gasteiger partial charge in [0.2, 0.25) is 0 Å². The van der Waals surface area contributed by atoms with Crippen molar-refractivity contribution < 1.29 is 13.9 Å². The standard InChI is InChI=1S/C20H18N4O4S2/c1-3-27-20(26)21-13-6-7-14-12(9-17(25)28-15(14)10-13)11-30-19-23-22-18(24(19)2)16-5-4-8-29-16/h4-10H,3,11H2,1-2H3,(H,21,26). The van der Waals surface area contributed by atoms with Crippen LogP contribution in [0, 0.1) is 0 Å². The zero-order valence-electron chi connectivity index (χ0n) is 16.2. The zero-order chi connectivity index (χ0) is 21.1. The maximum atomic E-state index is 12.1. The monoisotopic (exact) mass is 442 g/mol. The van der Waals surface area contributed by atoms with Crippen molar-refractivity contribution in [2.24, 2.45) is 7.05 Å². The van der Waals surface area contributed by atoms with E-state index in [1.165, 1.54) is 17.8 Å². The fraction of sp³-hybridized carbons (Fsp3) is 0.200. The molecule has 3 heterocycles. The van der Waals surface area contributed by atoms with Gasteiger partial charge in [-0.2, -0.15) is 0 Å². The van der Waals surface area contributed by atoms with Gasteiger partial charge in [0.1, 0.15) is 5.58 Å². The molecule has 1 aromatic carbocycles. The first-order valence-corrected chi connectivity index (χ1v) is 11.0. The van der Waals surface area contributed by atoms with Gasteiger partial charge in [-0.3, -0.25) is 5.32 Å². The molecule has 0 atom stereocenters. The van der Waals surface area contributed by atoms with Crippen LogP contribution in [0.1, 0.15) is 12.5 Å². The Morgan fingerprint density at radius 1 is 1.30 bits per heavy atom. The molecule has 0 saturated heterocycles. The van der Waals surface area contributed by atoms with Gasteiger partial charge in [0, 0.05) is 36.0 Å². The first kappa shape index (κ1) is 20.2. The summed E-state index contributed by atoms with van der Waals surface area (Å²) in [5.74, 6) is 1.32. The van der Waals surface area contributed by atoms with E-state index in [1.54, 1.807) is 30.4 Å². The van der Waals surface area contributed by atoms with Crippen LogP contribution in [0.5, 0.6) is 0 Å². The van der Waals surface area contributed by atoms with Crippen LogP contribution < -0.4 is 10.9 Å². The lowest BCUT2D eigenvalue weighted by Crippen LogP contribution is -2.13. The van der Waals surface area contributed by atoms with Crippen molar-refractivity contribution in [1.29, 1.82) is 0 Å². The quantitative estimate of drug-likeness (QED) is 0.346. The topological polar surface area (TPSA) is 99.2 Å². The lowest BCUT2D eigenvalue weighted by atomic mass is 10.1. The molecule has 3 aromatic heterocycles. The van der Waals surface area contributed by atoms with E-state index in [0.717, 1.165) is 26.8 Å². The van der Waals surface area contributed by atoms with E-state index < -0.39 is 11.7 Å².